The van der Waals surface area contributed by atoms with Crippen LogP contribution in [0.2, 0.25) is 0 Å². The fraction of sp³-hybridized carbons (Fsp3) is 0.750. The zero-order valence-electron chi connectivity index (χ0n) is 19.4. The van der Waals surface area contributed by atoms with Gasteiger partial charge in [0.2, 0.25) is 5.91 Å². The van der Waals surface area contributed by atoms with E-state index in [0.717, 1.165) is 47.3 Å². The van der Waals surface area contributed by atoms with E-state index in [1.165, 1.54) is 31.3 Å². The van der Waals surface area contributed by atoms with E-state index in [0.29, 0.717) is 29.5 Å². The van der Waals surface area contributed by atoms with Gasteiger partial charge in [-0.2, -0.15) is 0 Å². The molecule has 0 bridgehead atoms. The standard InChI is InChI=1S/C24H36INO5S/c1-16-4-6-17(7-5-16)14-21(28)26(19-15-20(25)32-22(19)23(29)30-3)18-8-10-24(2,11-9-18)31-13-12-27/h15-18,27H,4-14H2,1-3H3. The van der Waals surface area contributed by atoms with Crippen molar-refractivity contribution in [3.05, 3.63) is 13.8 Å². The zero-order valence-corrected chi connectivity index (χ0v) is 22.4. The predicted molar refractivity (Wildman–Crippen MR) is 135 cm³/mol. The summed E-state index contributed by atoms with van der Waals surface area (Å²) < 4.78 is 11.9. The number of amides is 1. The number of hydrogen-bond acceptors (Lipinski definition) is 6. The van der Waals surface area contributed by atoms with Crippen LogP contribution in [0.5, 0.6) is 0 Å². The Labute approximate surface area is 209 Å². The summed E-state index contributed by atoms with van der Waals surface area (Å²) in [7, 11) is 1.39. The van der Waals surface area contributed by atoms with Gasteiger partial charge in [0, 0.05) is 12.5 Å². The van der Waals surface area contributed by atoms with Gasteiger partial charge in [-0.3, -0.25) is 4.79 Å². The van der Waals surface area contributed by atoms with Gasteiger partial charge in [0.15, 0.2) is 0 Å². The highest BCUT2D eigenvalue weighted by atomic mass is 127. The molecule has 1 aromatic rings. The lowest BCUT2D eigenvalue weighted by atomic mass is 9.80. The van der Waals surface area contributed by atoms with Gasteiger partial charge in [0.1, 0.15) is 4.88 Å². The summed E-state index contributed by atoms with van der Waals surface area (Å²) in [5, 5.41) is 9.13. The Balaban J connectivity index is 1.82. The third-order valence-electron chi connectivity index (χ3n) is 7.10. The second kappa shape index (κ2) is 11.6. The minimum Gasteiger partial charge on any atom is -0.465 e. The molecule has 8 heteroatoms. The second-order valence-corrected chi connectivity index (χ2v) is 12.5. The minimum atomic E-state index is -0.385. The molecule has 0 saturated heterocycles. The van der Waals surface area contributed by atoms with Gasteiger partial charge in [0.25, 0.3) is 0 Å². The normalized spacial score (nSPS) is 28.3. The van der Waals surface area contributed by atoms with Crippen LogP contribution in [0, 0.1) is 14.7 Å². The number of halogens is 1. The summed E-state index contributed by atoms with van der Waals surface area (Å²) >= 11 is 3.59. The molecule has 2 saturated carbocycles. The van der Waals surface area contributed by atoms with Gasteiger partial charge in [-0.25, -0.2) is 4.79 Å². The van der Waals surface area contributed by atoms with E-state index >= 15 is 0 Å². The maximum absolute atomic E-state index is 13.7. The Kier molecular flexibility index (Phi) is 9.41. The van der Waals surface area contributed by atoms with Gasteiger partial charge >= 0.3 is 5.97 Å². The highest BCUT2D eigenvalue weighted by Gasteiger charge is 2.38. The number of aliphatic hydroxyl groups excluding tert-OH is 1. The van der Waals surface area contributed by atoms with Crippen LogP contribution in [-0.2, 0) is 14.3 Å². The molecule has 1 aromatic heterocycles. The number of anilines is 1. The Hall–Kier alpha value is -0.710. The molecule has 32 heavy (non-hydrogen) atoms. The number of esters is 1. The molecule has 3 rings (SSSR count). The maximum Gasteiger partial charge on any atom is 0.350 e. The molecule has 1 N–H and O–H groups in total. The van der Waals surface area contributed by atoms with Gasteiger partial charge in [-0.15, -0.1) is 11.3 Å². The van der Waals surface area contributed by atoms with E-state index in [1.807, 2.05) is 11.0 Å². The van der Waals surface area contributed by atoms with Crippen LogP contribution in [0.25, 0.3) is 0 Å². The molecule has 0 spiro atoms. The van der Waals surface area contributed by atoms with Gasteiger partial charge < -0.3 is 19.5 Å². The molecule has 6 nitrogen and oxygen atoms in total. The van der Waals surface area contributed by atoms with Gasteiger partial charge in [-0.1, -0.05) is 19.8 Å². The van der Waals surface area contributed by atoms with Crippen molar-refractivity contribution in [1.82, 2.24) is 0 Å². The van der Waals surface area contributed by atoms with Crippen molar-refractivity contribution in [2.24, 2.45) is 11.8 Å². The van der Waals surface area contributed by atoms with E-state index < -0.39 is 0 Å². The third kappa shape index (κ3) is 6.45. The number of nitrogens with zero attached hydrogens (tertiary/aromatic N) is 1. The average molecular weight is 578 g/mol. The van der Waals surface area contributed by atoms with Crippen LogP contribution >= 0.6 is 33.9 Å². The van der Waals surface area contributed by atoms with E-state index in [-0.39, 0.29) is 30.1 Å². The highest BCUT2D eigenvalue weighted by Crippen LogP contribution is 2.40. The lowest BCUT2D eigenvalue weighted by molar-refractivity contribution is -0.121. The summed E-state index contributed by atoms with van der Waals surface area (Å²) in [6.07, 6.45) is 8.36. The highest BCUT2D eigenvalue weighted by molar-refractivity contribution is 14.1. The van der Waals surface area contributed by atoms with Crippen molar-refractivity contribution >= 4 is 51.5 Å². The van der Waals surface area contributed by atoms with E-state index in [4.69, 9.17) is 14.6 Å². The molecule has 0 aromatic carbocycles. The molecule has 0 radical (unpaired) electrons. The minimum absolute atomic E-state index is 0.0134. The number of hydrogen-bond donors (Lipinski definition) is 1. The monoisotopic (exact) mass is 577 g/mol. The molecule has 180 valence electrons. The van der Waals surface area contributed by atoms with E-state index in [9.17, 15) is 9.59 Å². The van der Waals surface area contributed by atoms with Crippen molar-refractivity contribution < 1.29 is 24.2 Å². The topological polar surface area (TPSA) is 76.1 Å². The second-order valence-electron chi connectivity index (χ2n) is 9.60. The number of carbonyl (C=O) groups excluding carboxylic acids is 2. The number of carbonyl (C=O) groups is 2. The Morgan fingerprint density at radius 3 is 2.47 bits per heavy atom. The molecular weight excluding hydrogens is 541 g/mol. The lowest BCUT2D eigenvalue weighted by Crippen LogP contribution is -2.47. The zero-order chi connectivity index (χ0) is 23.3. The van der Waals surface area contributed by atoms with E-state index in [2.05, 4.69) is 36.4 Å². The SMILES string of the molecule is COC(=O)c1sc(I)cc1N(C(=O)CC1CCC(C)CC1)C1CCC(C)(OCCO)CC1. The Morgan fingerprint density at radius 2 is 1.88 bits per heavy atom. The predicted octanol–water partition coefficient (Wildman–Crippen LogP) is 5.40. The molecule has 1 amide bonds. The summed E-state index contributed by atoms with van der Waals surface area (Å²) in [5.74, 6) is 0.900. The third-order valence-corrected chi connectivity index (χ3v) is 8.96. The van der Waals surface area contributed by atoms with Crippen molar-refractivity contribution in [2.45, 2.75) is 83.3 Å². The number of ether oxygens (including phenoxy) is 2. The largest absolute Gasteiger partial charge is 0.465 e. The van der Waals surface area contributed by atoms with Crippen molar-refractivity contribution in [1.29, 1.82) is 0 Å². The molecule has 0 unspecified atom stereocenters. The fourth-order valence-electron chi connectivity index (χ4n) is 5.09. The van der Waals surface area contributed by atoms with Crippen LogP contribution in [0.1, 0.15) is 81.3 Å². The quantitative estimate of drug-likeness (QED) is 0.331. The van der Waals surface area contributed by atoms with Crippen LogP contribution in [0.15, 0.2) is 6.07 Å². The lowest BCUT2D eigenvalue weighted by Gasteiger charge is -2.42. The van der Waals surface area contributed by atoms with Crippen molar-refractivity contribution in [3.8, 4) is 0 Å². The average Bonchev–Trinajstić information content (AvgIpc) is 3.16. The summed E-state index contributed by atoms with van der Waals surface area (Å²) in [5.41, 5.74) is 0.423. The van der Waals surface area contributed by atoms with Gasteiger partial charge in [0.05, 0.1) is 34.5 Å². The summed E-state index contributed by atoms with van der Waals surface area (Å²) in [6, 6.07) is 1.98. The molecule has 0 aliphatic heterocycles. The first-order valence-corrected chi connectivity index (χ1v) is 13.6. The first kappa shape index (κ1) is 25.9. The fourth-order valence-corrected chi connectivity index (χ4v) is 6.84. The number of aliphatic hydroxyl groups is 1. The van der Waals surface area contributed by atoms with Crippen LogP contribution < -0.4 is 4.90 Å². The van der Waals surface area contributed by atoms with E-state index in [1.54, 1.807) is 0 Å². The Morgan fingerprint density at radius 1 is 1.22 bits per heavy atom. The summed E-state index contributed by atoms with van der Waals surface area (Å²) in [4.78, 5) is 28.6. The first-order valence-electron chi connectivity index (χ1n) is 11.7. The molecule has 1 heterocycles. The molecule has 0 atom stereocenters. The molecule has 2 fully saturated rings. The van der Waals surface area contributed by atoms with Crippen molar-refractivity contribution in [2.75, 3.05) is 25.2 Å². The summed E-state index contributed by atoms with van der Waals surface area (Å²) in [6.45, 7) is 4.72. The smallest absolute Gasteiger partial charge is 0.350 e. The molecule has 2 aliphatic rings. The molecule has 2 aliphatic carbocycles. The number of thiophene rings is 1. The van der Waals surface area contributed by atoms with Crippen LogP contribution in [0.4, 0.5) is 5.69 Å². The van der Waals surface area contributed by atoms with Crippen LogP contribution in [0.3, 0.4) is 0 Å². The van der Waals surface area contributed by atoms with Crippen molar-refractivity contribution in [3.63, 3.8) is 0 Å². The Bertz CT molecular complexity index is 781. The maximum atomic E-state index is 13.7. The van der Waals surface area contributed by atoms with Crippen LogP contribution in [-0.4, -0.2) is 48.9 Å². The number of rotatable bonds is 8. The van der Waals surface area contributed by atoms with Gasteiger partial charge in [-0.05, 0) is 85.9 Å². The molecular formula is C24H36INO5S. The number of methoxy groups -OCH3 is 1. The first-order chi connectivity index (χ1) is 15.3.